The van der Waals surface area contributed by atoms with Gasteiger partial charge in [-0.25, -0.2) is 0 Å². The maximum atomic E-state index is 6.85. The maximum absolute atomic E-state index is 6.85. The summed E-state index contributed by atoms with van der Waals surface area (Å²) in [4.78, 5) is 4.78. The molecule has 2 heterocycles. The van der Waals surface area contributed by atoms with Crippen LogP contribution in [-0.2, 0) is 10.8 Å². The van der Waals surface area contributed by atoms with Crippen molar-refractivity contribution in [2.24, 2.45) is 0 Å². The molecule has 0 bridgehead atoms. The molecule has 8 aromatic carbocycles. The second kappa shape index (κ2) is 12.3. The Bertz CT molecular complexity index is 2870. The Labute approximate surface area is 335 Å². The average Bonchev–Trinajstić information content (AvgIpc) is 3.48. The molecule has 0 spiro atoms. The third-order valence-corrected chi connectivity index (χ3v) is 12.7. The summed E-state index contributed by atoms with van der Waals surface area (Å²) >= 11 is 0. The van der Waals surface area contributed by atoms with E-state index >= 15 is 0 Å². The number of para-hydroxylation sites is 4. The highest BCUT2D eigenvalue weighted by molar-refractivity contribution is 5.97. The van der Waals surface area contributed by atoms with Crippen LogP contribution >= 0.6 is 0 Å². The topological polar surface area (TPSA) is 15.7 Å². The average molecular weight is 735 g/mol. The molecular weight excluding hydrogens is 693 g/mol. The van der Waals surface area contributed by atoms with Crippen LogP contribution in [0.1, 0.15) is 49.9 Å². The monoisotopic (exact) mass is 734 g/mol. The maximum Gasteiger partial charge on any atom is 0.159 e. The van der Waals surface area contributed by atoms with Gasteiger partial charge in [-0.05, 0) is 105 Å². The molecule has 0 radical (unpaired) electrons. The van der Waals surface area contributed by atoms with Crippen LogP contribution in [0.15, 0.2) is 182 Å². The SMILES string of the molecule is CC1(C)c2ccccc2-c2ccc(N(c3ccccc3)c3ccc(-c4ccc(-c5ccc6c7c5Oc5ccccc5N7c5ccccc5C6(C)C)cc4)cc3)cc21. The van der Waals surface area contributed by atoms with E-state index in [0.717, 1.165) is 51.1 Å². The van der Waals surface area contributed by atoms with Crippen LogP contribution in [0.4, 0.5) is 34.1 Å². The summed E-state index contributed by atoms with van der Waals surface area (Å²) in [7, 11) is 0. The number of ether oxygens (including phenoxy) is 1. The van der Waals surface area contributed by atoms with Crippen molar-refractivity contribution in [2.75, 3.05) is 9.80 Å². The molecule has 0 amide bonds. The Hall–Kier alpha value is -6.84. The van der Waals surface area contributed by atoms with E-state index in [2.05, 4.69) is 219 Å². The number of benzene rings is 8. The molecule has 0 saturated heterocycles. The standard InChI is InChI=1S/C54H42N2O/c1-53(2)44-17-9-8-16-42(44)43-31-30-40(34-47(43)53)55(38-14-6-5-7-15-38)39-28-26-36(27-29-39)35-22-24-37(25-23-35)41-32-33-46-51-52(41)57-50-21-13-12-20-49(50)56(51)48-19-11-10-18-45(48)54(46,3)4/h5-34H,1-4H3. The molecule has 57 heavy (non-hydrogen) atoms. The molecule has 0 unspecified atom stereocenters. The van der Waals surface area contributed by atoms with Crippen molar-refractivity contribution in [3.8, 4) is 44.9 Å². The molecule has 3 nitrogen and oxygen atoms in total. The van der Waals surface area contributed by atoms with Crippen molar-refractivity contribution in [1.29, 1.82) is 0 Å². The second-order valence-corrected chi connectivity index (χ2v) is 16.6. The van der Waals surface area contributed by atoms with Crippen LogP contribution in [0.2, 0.25) is 0 Å². The minimum Gasteiger partial charge on any atom is -0.452 e. The quantitative estimate of drug-likeness (QED) is 0.175. The summed E-state index contributed by atoms with van der Waals surface area (Å²) in [6, 6.07) is 66.1. The highest BCUT2D eigenvalue weighted by Crippen LogP contribution is 2.61. The molecular formula is C54H42N2O. The second-order valence-electron chi connectivity index (χ2n) is 16.6. The fourth-order valence-electron chi connectivity index (χ4n) is 9.68. The van der Waals surface area contributed by atoms with Crippen LogP contribution in [0, 0.1) is 0 Å². The van der Waals surface area contributed by atoms with E-state index in [0.29, 0.717) is 0 Å². The van der Waals surface area contributed by atoms with Crippen molar-refractivity contribution < 1.29 is 4.74 Å². The number of rotatable bonds is 5. The van der Waals surface area contributed by atoms with E-state index in [-0.39, 0.29) is 10.8 Å². The Balaban J connectivity index is 0.945. The van der Waals surface area contributed by atoms with E-state index in [1.807, 2.05) is 0 Å². The predicted molar refractivity (Wildman–Crippen MR) is 236 cm³/mol. The molecule has 2 aliphatic heterocycles. The first-order valence-corrected chi connectivity index (χ1v) is 19.9. The van der Waals surface area contributed by atoms with Gasteiger partial charge in [0.25, 0.3) is 0 Å². The molecule has 1 aliphatic carbocycles. The van der Waals surface area contributed by atoms with Gasteiger partial charge in [0.1, 0.15) is 0 Å². The first-order valence-electron chi connectivity index (χ1n) is 19.9. The van der Waals surface area contributed by atoms with Gasteiger partial charge in [-0.15, -0.1) is 0 Å². The van der Waals surface area contributed by atoms with Gasteiger partial charge in [0.2, 0.25) is 0 Å². The van der Waals surface area contributed by atoms with Gasteiger partial charge in [-0.1, -0.05) is 155 Å². The lowest BCUT2D eigenvalue weighted by Crippen LogP contribution is -2.32. The molecule has 0 saturated carbocycles. The molecule has 0 atom stereocenters. The molecule has 3 aliphatic rings. The van der Waals surface area contributed by atoms with Gasteiger partial charge in [-0.2, -0.15) is 0 Å². The van der Waals surface area contributed by atoms with Crippen LogP contribution in [0.25, 0.3) is 33.4 Å². The van der Waals surface area contributed by atoms with Crippen molar-refractivity contribution in [3.05, 3.63) is 204 Å². The largest absolute Gasteiger partial charge is 0.452 e. The Morgan fingerprint density at radius 2 is 0.947 bits per heavy atom. The summed E-state index contributed by atoms with van der Waals surface area (Å²) in [5, 5.41) is 0. The zero-order valence-electron chi connectivity index (χ0n) is 32.6. The third-order valence-electron chi connectivity index (χ3n) is 12.7. The zero-order chi connectivity index (χ0) is 38.5. The minimum atomic E-state index is -0.180. The highest BCUT2D eigenvalue weighted by Gasteiger charge is 2.42. The van der Waals surface area contributed by atoms with Crippen LogP contribution in [0.3, 0.4) is 0 Å². The number of fused-ring (bicyclic) bond motifs is 7. The Morgan fingerprint density at radius 1 is 0.404 bits per heavy atom. The molecule has 8 aromatic rings. The van der Waals surface area contributed by atoms with E-state index < -0.39 is 0 Å². The number of hydrogen-bond acceptors (Lipinski definition) is 3. The first-order chi connectivity index (χ1) is 27.8. The van der Waals surface area contributed by atoms with E-state index in [4.69, 9.17) is 4.74 Å². The summed E-state index contributed by atoms with van der Waals surface area (Å²) in [6.45, 7) is 9.33. The van der Waals surface area contributed by atoms with Crippen molar-refractivity contribution in [1.82, 2.24) is 0 Å². The summed E-state index contributed by atoms with van der Waals surface area (Å²) < 4.78 is 6.85. The van der Waals surface area contributed by atoms with Crippen LogP contribution < -0.4 is 14.5 Å². The lowest BCUT2D eigenvalue weighted by atomic mass is 9.72. The van der Waals surface area contributed by atoms with Gasteiger partial charge in [-0.3, -0.25) is 0 Å². The summed E-state index contributed by atoms with van der Waals surface area (Å²) in [5.74, 6) is 1.78. The lowest BCUT2D eigenvalue weighted by molar-refractivity contribution is 0.473. The highest BCUT2D eigenvalue weighted by atomic mass is 16.5. The van der Waals surface area contributed by atoms with E-state index in [9.17, 15) is 0 Å². The molecule has 0 aromatic heterocycles. The van der Waals surface area contributed by atoms with Crippen LogP contribution in [0.5, 0.6) is 11.5 Å². The number of anilines is 6. The van der Waals surface area contributed by atoms with Gasteiger partial charge in [0.05, 0.1) is 17.1 Å². The van der Waals surface area contributed by atoms with E-state index in [1.165, 1.54) is 50.2 Å². The van der Waals surface area contributed by atoms with Crippen LogP contribution in [-0.4, -0.2) is 0 Å². The predicted octanol–water partition coefficient (Wildman–Crippen LogP) is 15.0. The van der Waals surface area contributed by atoms with Crippen molar-refractivity contribution in [3.63, 3.8) is 0 Å². The molecule has 274 valence electrons. The number of nitrogens with zero attached hydrogens (tertiary/aromatic N) is 2. The third kappa shape index (κ3) is 4.98. The Kier molecular flexibility index (Phi) is 7.25. The number of hydrogen-bond donors (Lipinski definition) is 0. The molecule has 0 fully saturated rings. The molecule has 0 N–H and O–H groups in total. The molecule has 3 heteroatoms. The van der Waals surface area contributed by atoms with E-state index in [1.54, 1.807) is 0 Å². The minimum absolute atomic E-state index is 0.0742. The van der Waals surface area contributed by atoms with Crippen molar-refractivity contribution >= 4 is 34.1 Å². The summed E-state index contributed by atoms with van der Waals surface area (Å²) in [5.41, 5.74) is 19.1. The van der Waals surface area contributed by atoms with Gasteiger partial charge < -0.3 is 14.5 Å². The van der Waals surface area contributed by atoms with Gasteiger partial charge in [0.15, 0.2) is 11.5 Å². The summed E-state index contributed by atoms with van der Waals surface area (Å²) in [6.07, 6.45) is 0. The normalized spacial score (nSPS) is 14.7. The fourth-order valence-corrected chi connectivity index (χ4v) is 9.68. The Morgan fingerprint density at radius 3 is 1.72 bits per heavy atom. The zero-order valence-corrected chi connectivity index (χ0v) is 32.6. The van der Waals surface area contributed by atoms with Gasteiger partial charge >= 0.3 is 0 Å². The smallest absolute Gasteiger partial charge is 0.159 e. The lowest BCUT2D eigenvalue weighted by Gasteiger charge is -2.45. The molecule has 11 rings (SSSR count). The van der Waals surface area contributed by atoms with Crippen molar-refractivity contribution in [2.45, 2.75) is 38.5 Å². The van der Waals surface area contributed by atoms with Gasteiger partial charge in [0, 0.05) is 33.5 Å². The fraction of sp³-hybridized carbons (Fsp3) is 0.111. The first kappa shape index (κ1) is 33.5.